The maximum Gasteiger partial charge on any atom is 0.145 e. The molecule has 0 aliphatic carbocycles. The van der Waals surface area contributed by atoms with Gasteiger partial charge in [-0.05, 0) is 91.6 Å². The molecule has 3 nitrogen and oxygen atoms in total. The number of pyridine rings is 1. The summed E-state index contributed by atoms with van der Waals surface area (Å²) in [5.74, 6) is 0. The minimum atomic E-state index is 0.850. The van der Waals surface area contributed by atoms with Crippen LogP contribution in [0.4, 0.5) is 0 Å². The van der Waals surface area contributed by atoms with E-state index >= 15 is 0 Å². The molecule has 0 radical (unpaired) electrons. The third-order valence-electron chi connectivity index (χ3n) is 9.96. The average molecular weight is 612 g/mol. The summed E-state index contributed by atoms with van der Waals surface area (Å²) in [6, 6.07) is 53.5. The second kappa shape index (κ2) is 9.54. The fourth-order valence-corrected chi connectivity index (χ4v) is 7.74. The molecule has 48 heavy (non-hydrogen) atoms. The molecule has 0 atom stereocenters. The van der Waals surface area contributed by atoms with Crippen LogP contribution in [0.2, 0.25) is 0 Å². The van der Waals surface area contributed by atoms with Crippen molar-refractivity contribution in [2.75, 3.05) is 0 Å². The number of hydrogen-bond donors (Lipinski definition) is 0. The van der Waals surface area contributed by atoms with Crippen molar-refractivity contribution in [1.29, 1.82) is 0 Å². The lowest BCUT2D eigenvalue weighted by molar-refractivity contribution is 0.670. The molecule has 0 bridgehead atoms. The number of fused-ring (bicyclic) bond motifs is 12. The van der Waals surface area contributed by atoms with E-state index in [9.17, 15) is 0 Å². The van der Waals surface area contributed by atoms with Crippen LogP contribution in [-0.2, 0) is 0 Å². The highest BCUT2D eigenvalue weighted by atomic mass is 16.3. The van der Waals surface area contributed by atoms with Crippen LogP contribution in [-0.4, -0.2) is 4.98 Å². The monoisotopic (exact) mass is 611 g/mol. The van der Waals surface area contributed by atoms with Crippen LogP contribution >= 0.6 is 0 Å². The van der Waals surface area contributed by atoms with E-state index in [2.05, 4.69) is 152 Å². The highest BCUT2D eigenvalue weighted by Gasteiger charge is 2.21. The van der Waals surface area contributed by atoms with Gasteiger partial charge in [-0.3, -0.25) is 0 Å². The topological polar surface area (TPSA) is 39.2 Å². The molecule has 3 heterocycles. The molecule has 0 fully saturated rings. The molecule has 0 N–H and O–H groups in total. The Bertz CT molecular complexity index is 2920. The molecule has 11 rings (SSSR count). The number of furan rings is 2. The molecule has 222 valence electrons. The van der Waals surface area contributed by atoms with Crippen molar-refractivity contribution in [3.8, 4) is 22.5 Å². The maximum atomic E-state index is 6.75. The molecule has 3 heteroatoms. The van der Waals surface area contributed by atoms with E-state index in [1.165, 1.54) is 21.5 Å². The van der Waals surface area contributed by atoms with Gasteiger partial charge in [0, 0.05) is 32.7 Å². The van der Waals surface area contributed by atoms with Crippen molar-refractivity contribution in [3.05, 3.63) is 152 Å². The van der Waals surface area contributed by atoms with Gasteiger partial charge in [-0.25, -0.2) is 4.98 Å². The molecule has 0 spiro atoms. The Balaban J connectivity index is 1.20. The number of hydrogen-bond acceptors (Lipinski definition) is 3. The van der Waals surface area contributed by atoms with Crippen LogP contribution in [0.1, 0.15) is 0 Å². The molecule has 0 unspecified atom stereocenters. The van der Waals surface area contributed by atoms with Crippen molar-refractivity contribution in [1.82, 2.24) is 4.98 Å². The third kappa shape index (κ3) is 3.61. The first-order chi connectivity index (χ1) is 23.8. The molecule has 11 aromatic rings. The maximum absolute atomic E-state index is 6.75. The van der Waals surface area contributed by atoms with Crippen LogP contribution in [0.5, 0.6) is 0 Å². The molecule has 8 aromatic carbocycles. The van der Waals surface area contributed by atoms with Crippen LogP contribution in [0.15, 0.2) is 160 Å². The predicted molar refractivity (Wildman–Crippen MR) is 200 cm³/mol. The summed E-state index contributed by atoms with van der Waals surface area (Å²) in [5, 5.41) is 13.8. The Labute approximate surface area is 274 Å². The fraction of sp³-hybridized carbons (Fsp3) is 0. The summed E-state index contributed by atoms with van der Waals surface area (Å²) in [4.78, 5) is 5.36. The van der Waals surface area contributed by atoms with Crippen LogP contribution in [0.3, 0.4) is 0 Å². The van der Waals surface area contributed by atoms with Gasteiger partial charge in [0.1, 0.15) is 22.3 Å². The van der Waals surface area contributed by atoms with Crippen LogP contribution in [0, 0.1) is 0 Å². The largest absolute Gasteiger partial charge is 0.455 e. The van der Waals surface area contributed by atoms with E-state index in [-0.39, 0.29) is 0 Å². The summed E-state index contributed by atoms with van der Waals surface area (Å²) in [5.41, 5.74) is 7.11. The second-order valence-electron chi connectivity index (χ2n) is 12.7. The van der Waals surface area contributed by atoms with Gasteiger partial charge in [0.2, 0.25) is 0 Å². The number of nitrogens with zero attached hydrogens (tertiary/aromatic N) is 1. The summed E-state index contributed by atoms with van der Waals surface area (Å²) < 4.78 is 13.5. The third-order valence-corrected chi connectivity index (χ3v) is 9.96. The first-order valence-electron chi connectivity index (χ1n) is 16.3. The highest BCUT2D eigenvalue weighted by Crippen LogP contribution is 2.44. The van der Waals surface area contributed by atoms with Gasteiger partial charge in [0.15, 0.2) is 0 Å². The first kappa shape index (κ1) is 25.7. The Morgan fingerprint density at radius 2 is 0.729 bits per heavy atom. The quantitative estimate of drug-likeness (QED) is 0.195. The van der Waals surface area contributed by atoms with Gasteiger partial charge >= 0.3 is 0 Å². The number of aromatic nitrogens is 1. The zero-order chi connectivity index (χ0) is 31.3. The SMILES string of the molecule is c1cc(-c2cc3ccccc3c3c2oc2cc4ccccc4cc23)nc(-c2cc3ccccc3c3c2oc2cc4ccccc4cc23)c1. The lowest BCUT2D eigenvalue weighted by atomic mass is 9.96. The van der Waals surface area contributed by atoms with E-state index in [0.717, 1.165) is 87.9 Å². The van der Waals surface area contributed by atoms with Crippen molar-refractivity contribution in [2.24, 2.45) is 0 Å². The fourth-order valence-electron chi connectivity index (χ4n) is 7.74. The molecule has 0 amide bonds. The van der Waals surface area contributed by atoms with Gasteiger partial charge in [0.25, 0.3) is 0 Å². The summed E-state index contributed by atoms with van der Waals surface area (Å²) >= 11 is 0. The van der Waals surface area contributed by atoms with Gasteiger partial charge in [0.05, 0.1) is 11.4 Å². The Morgan fingerprint density at radius 1 is 0.333 bits per heavy atom. The molecule has 3 aromatic heterocycles. The Kier molecular flexibility index (Phi) is 5.11. The van der Waals surface area contributed by atoms with Crippen molar-refractivity contribution in [3.63, 3.8) is 0 Å². The van der Waals surface area contributed by atoms with Crippen molar-refractivity contribution < 1.29 is 8.83 Å². The van der Waals surface area contributed by atoms with E-state index in [1.807, 2.05) is 0 Å². The molecule has 0 saturated heterocycles. The lowest BCUT2D eigenvalue weighted by Gasteiger charge is -2.10. The van der Waals surface area contributed by atoms with E-state index in [4.69, 9.17) is 13.8 Å². The molecular weight excluding hydrogens is 587 g/mol. The Morgan fingerprint density at radius 3 is 1.19 bits per heavy atom. The van der Waals surface area contributed by atoms with Gasteiger partial charge in [-0.1, -0.05) is 103 Å². The lowest BCUT2D eigenvalue weighted by Crippen LogP contribution is -1.90. The zero-order valence-corrected chi connectivity index (χ0v) is 25.7. The van der Waals surface area contributed by atoms with Gasteiger partial charge < -0.3 is 8.83 Å². The normalized spacial score (nSPS) is 12.2. The van der Waals surface area contributed by atoms with E-state index < -0.39 is 0 Å². The van der Waals surface area contributed by atoms with Crippen molar-refractivity contribution >= 4 is 87.0 Å². The minimum Gasteiger partial charge on any atom is -0.455 e. The molecular formula is C45H25NO2. The zero-order valence-electron chi connectivity index (χ0n) is 25.7. The molecule has 0 aliphatic rings. The second-order valence-corrected chi connectivity index (χ2v) is 12.7. The number of benzene rings is 8. The van der Waals surface area contributed by atoms with Crippen LogP contribution in [0.25, 0.3) is 109 Å². The predicted octanol–water partition coefficient (Wildman–Crippen LogP) is 12.8. The molecule has 0 aliphatic heterocycles. The highest BCUT2D eigenvalue weighted by molar-refractivity contribution is 6.25. The Hall–Kier alpha value is -6.45. The van der Waals surface area contributed by atoms with Crippen LogP contribution < -0.4 is 0 Å². The smallest absolute Gasteiger partial charge is 0.145 e. The first-order valence-corrected chi connectivity index (χ1v) is 16.3. The van der Waals surface area contributed by atoms with Gasteiger partial charge in [-0.2, -0.15) is 0 Å². The number of rotatable bonds is 2. The van der Waals surface area contributed by atoms with E-state index in [0.29, 0.717) is 0 Å². The summed E-state index contributed by atoms with van der Waals surface area (Å²) in [6.07, 6.45) is 0. The minimum absolute atomic E-state index is 0.850. The van der Waals surface area contributed by atoms with E-state index in [1.54, 1.807) is 0 Å². The van der Waals surface area contributed by atoms with Gasteiger partial charge in [-0.15, -0.1) is 0 Å². The standard InChI is InChI=1S/C45H25NO2/c1-3-12-28-24-40-36(20-26(28)10-1)42-32-16-7-5-14-30(32)22-34(44(42)47-40)38-18-9-19-39(46-38)35-23-31-15-6-8-17-33(31)43-37-21-27-11-2-4-13-29(27)25-41(37)48-45(35)43/h1-25H. The summed E-state index contributed by atoms with van der Waals surface area (Å²) in [7, 11) is 0. The average Bonchev–Trinajstić information content (AvgIpc) is 3.70. The summed E-state index contributed by atoms with van der Waals surface area (Å²) in [6.45, 7) is 0. The molecule has 0 saturated carbocycles. The van der Waals surface area contributed by atoms with Crippen molar-refractivity contribution in [2.45, 2.75) is 0 Å².